The van der Waals surface area contributed by atoms with Crippen LogP contribution in [0.25, 0.3) is 0 Å². The molecule has 1 heterocycles. The molecule has 0 fully saturated rings. The van der Waals surface area contributed by atoms with Crippen molar-refractivity contribution in [3.05, 3.63) is 65.4 Å². The Bertz CT molecular complexity index is 808. The quantitative estimate of drug-likeness (QED) is 0.669. The Kier molecular flexibility index (Phi) is 5.75. The fourth-order valence-corrected chi connectivity index (χ4v) is 2.66. The topological polar surface area (TPSA) is 73.2 Å². The molecule has 1 aromatic carbocycles. The van der Waals surface area contributed by atoms with E-state index in [-0.39, 0.29) is 18.2 Å². The average Bonchev–Trinajstić information content (AvgIpc) is 3.06. The molecule has 2 aromatic rings. The van der Waals surface area contributed by atoms with Gasteiger partial charge in [-0.25, -0.2) is 14.6 Å². The number of hydrogen-bond acceptors (Lipinski definition) is 4. The van der Waals surface area contributed by atoms with Crippen LogP contribution in [0.15, 0.2) is 43.0 Å². The van der Waals surface area contributed by atoms with Gasteiger partial charge in [0.05, 0.1) is 12.3 Å². The van der Waals surface area contributed by atoms with Crippen molar-refractivity contribution in [2.45, 2.75) is 33.6 Å². The van der Waals surface area contributed by atoms with Crippen LogP contribution in [0.4, 0.5) is 4.79 Å². The highest BCUT2D eigenvalue weighted by Gasteiger charge is 2.20. The van der Waals surface area contributed by atoms with Gasteiger partial charge in [-0.3, -0.25) is 4.57 Å². The maximum atomic E-state index is 12.5. The lowest BCUT2D eigenvalue weighted by Crippen LogP contribution is -2.32. The van der Waals surface area contributed by atoms with Crippen LogP contribution in [0.5, 0.6) is 0 Å². The molecule has 1 unspecified atom stereocenters. The lowest BCUT2D eigenvalue weighted by molar-refractivity contribution is -0.138. The van der Waals surface area contributed by atoms with Crippen molar-refractivity contribution in [1.82, 2.24) is 14.9 Å². The number of aromatic nitrogens is 2. The van der Waals surface area contributed by atoms with E-state index in [1.54, 1.807) is 13.1 Å². The molecular weight excluding hydrogens is 318 g/mol. The Morgan fingerprint density at radius 3 is 2.76 bits per heavy atom. The SMILES string of the molecule is C=C(NC(=O)n1cncc1C(C)c1cccc(C)c1C)C(=O)OCC. The number of benzene rings is 1. The molecule has 1 N–H and O–H groups in total. The zero-order valence-electron chi connectivity index (χ0n) is 15.0. The summed E-state index contributed by atoms with van der Waals surface area (Å²) in [6, 6.07) is 5.60. The Hall–Kier alpha value is -2.89. The van der Waals surface area contributed by atoms with Crippen LogP contribution in [0.1, 0.15) is 42.1 Å². The maximum Gasteiger partial charge on any atom is 0.354 e. The average molecular weight is 341 g/mol. The first-order valence-corrected chi connectivity index (χ1v) is 8.12. The fraction of sp³-hybridized carbons (Fsp3) is 0.316. The van der Waals surface area contributed by atoms with Gasteiger partial charge >= 0.3 is 12.0 Å². The maximum absolute atomic E-state index is 12.5. The summed E-state index contributed by atoms with van der Waals surface area (Å²) >= 11 is 0. The second kappa shape index (κ2) is 7.79. The van der Waals surface area contributed by atoms with E-state index in [0.29, 0.717) is 0 Å². The summed E-state index contributed by atoms with van der Waals surface area (Å²) in [5, 5.41) is 2.45. The predicted octanol–water partition coefficient (Wildman–Crippen LogP) is 3.29. The molecule has 0 aliphatic heterocycles. The molecule has 1 aromatic heterocycles. The van der Waals surface area contributed by atoms with Gasteiger partial charge in [0, 0.05) is 12.1 Å². The number of nitrogens with one attached hydrogen (secondary N) is 1. The zero-order chi connectivity index (χ0) is 18.6. The minimum Gasteiger partial charge on any atom is -0.461 e. The third-order valence-electron chi connectivity index (χ3n) is 4.22. The summed E-state index contributed by atoms with van der Waals surface area (Å²) in [5.74, 6) is -0.691. The number of carbonyl (C=O) groups is 2. The number of aryl methyl sites for hydroxylation is 1. The molecule has 1 amide bonds. The number of nitrogens with zero attached hydrogens (tertiary/aromatic N) is 2. The van der Waals surface area contributed by atoms with E-state index < -0.39 is 12.0 Å². The number of amides is 1. The number of rotatable bonds is 5. The molecule has 0 spiro atoms. The van der Waals surface area contributed by atoms with Crippen molar-refractivity contribution in [1.29, 1.82) is 0 Å². The zero-order valence-corrected chi connectivity index (χ0v) is 15.0. The van der Waals surface area contributed by atoms with Gasteiger partial charge in [0.2, 0.25) is 0 Å². The van der Waals surface area contributed by atoms with E-state index in [2.05, 4.69) is 36.8 Å². The summed E-state index contributed by atoms with van der Waals surface area (Å²) < 4.78 is 6.21. The van der Waals surface area contributed by atoms with Crippen LogP contribution in [0, 0.1) is 13.8 Å². The van der Waals surface area contributed by atoms with Gasteiger partial charge in [-0.1, -0.05) is 31.7 Å². The Balaban J connectivity index is 2.25. The number of carbonyl (C=O) groups excluding carboxylic acids is 2. The number of imidazole rings is 1. The van der Waals surface area contributed by atoms with E-state index >= 15 is 0 Å². The molecule has 6 heteroatoms. The van der Waals surface area contributed by atoms with Crippen LogP contribution >= 0.6 is 0 Å². The van der Waals surface area contributed by atoms with Crippen molar-refractivity contribution < 1.29 is 14.3 Å². The third kappa shape index (κ3) is 3.96. The monoisotopic (exact) mass is 341 g/mol. The van der Waals surface area contributed by atoms with Crippen LogP contribution in [0.3, 0.4) is 0 Å². The van der Waals surface area contributed by atoms with Crippen molar-refractivity contribution >= 4 is 12.0 Å². The fourth-order valence-electron chi connectivity index (χ4n) is 2.66. The molecule has 0 saturated heterocycles. The molecule has 25 heavy (non-hydrogen) atoms. The molecule has 132 valence electrons. The van der Waals surface area contributed by atoms with Gasteiger partial charge < -0.3 is 10.1 Å². The summed E-state index contributed by atoms with van der Waals surface area (Å²) in [7, 11) is 0. The van der Waals surface area contributed by atoms with Gasteiger partial charge in [0.25, 0.3) is 0 Å². The van der Waals surface area contributed by atoms with E-state index in [1.165, 1.54) is 22.0 Å². The molecular formula is C19H23N3O3. The molecule has 0 radical (unpaired) electrons. The number of esters is 1. The van der Waals surface area contributed by atoms with E-state index in [1.807, 2.05) is 19.1 Å². The van der Waals surface area contributed by atoms with Crippen molar-refractivity contribution in [2.75, 3.05) is 6.61 Å². The minimum absolute atomic E-state index is 0.0380. The Morgan fingerprint density at radius 2 is 2.08 bits per heavy atom. The minimum atomic E-state index is -0.653. The number of ether oxygens (including phenoxy) is 1. The second-order valence-electron chi connectivity index (χ2n) is 5.83. The Labute approximate surface area is 147 Å². The molecule has 2 rings (SSSR count). The van der Waals surface area contributed by atoms with Gasteiger partial charge in [-0.15, -0.1) is 0 Å². The number of hydrogen-bond donors (Lipinski definition) is 1. The summed E-state index contributed by atoms with van der Waals surface area (Å²) in [5.41, 5.74) is 4.11. The molecule has 0 aliphatic rings. The van der Waals surface area contributed by atoms with Crippen molar-refractivity contribution in [3.63, 3.8) is 0 Å². The van der Waals surface area contributed by atoms with Crippen LogP contribution in [-0.4, -0.2) is 28.2 Å². The van der Waals surface area contributed by atoms with Crippen LogP contribution < -0.4 is 5.32 Å². The van der Waals surface area contributed by atoms with Crippen molar-refractivity contribution in [3.8, 4) is 0 Å². The predicted molar refractivity (Wildman–Crippen MR) is 95.4 cm³/mol. The largest absolute Gasteiger partial charge is 0.461 e. The lowest BCUT2D eigenvalue weighted by Gasteiger charge is -2.18. The Morgan fingerprint density at radius 1 is 1.36 bits per heavy atom. The van der Waals surface area contributed by atoms with Gasteiger partial charge in [0.1, 0.15) is 12.0 Å². The summed E-state index contributed by atoms with van der Waals surface area (Å²) in [6.07, 6.45) is 3.07. The highest BCUT2D eigenvalue weighted by Crippen LogP contribution is 2.28. The first kappa shape index (κ1) is 18.4. The first-order chi connectivity index (χ1) is 11.9. The molecule has 0 aliphatic carbocycles. The molecule has 1 atom stereocenters. The summed E-state index contributed by atoms with van der Waals surface area (Å²) in [6.45, 7) is 11.6. The smallest absolute Gasteiger partial charge is 0.354 e. The third-order valence-corrected chi connectivity index (χ3v) is 4.22. The molecule has 6 nitrogen and oxygen atoms in total. The normalized spacial score (nSPS) is 11.7. The van der Waals surface area contributed by atoms with E-state index in [4.69, 9.17) is 4.74 Å². The first-order valence-electron chi connectivity index (χ1n) is 8.12. The lowest BCUT2D eigenvalue weighted by atomic mass is 9.91. The molecule has 0 bridgehead atoms. The van der Waals surface area contributed by atoms with E-state index in [9.17, 15) is 9.59 Å². The highest BCUT2D eigenvalue weighted by atomic mass is 16.5. The van der Waals surface area contributed by atoms with Crippen LogP contribution in [-0.2, 0) is 9.53 Å². The highest BCUT2D eigenvalue weighted by molar-refractivity contribution is 5.93. The van der Waals surface area contributed by atoms with Gasteiger partial charge in [-0.05, 0) is 37.5 Å². The summed E-state index contributed by atoms with van der Waals surface area (Å²) in [4.78, 5) is 28.2. The van der Waals surface area contributed by atoms with E-state index in [0.717, 1.165) is 11.3 Å². The standard InChI is InChI=1S/C19H23N3O3/c1-6-25-18(23)15(5)21-19(24)22-11-20-10-17(22)14(4)16-9-7-8-12(2)13(16)3/h7-11,14H,5-6H2,1-4H3,(H,21,24). The van der Waals surface area contributed by atoms with Crippen LogP contribution in [0.2, 0.25) is 0 Å². The molecule has 0 saturated carbocycles. The van der Waals surface area contributed by atoms with Gasteiger partial charge in [-0.2, -0.15) is 0 Å². The van der Waals surface area contributed by atoms with Crippen molar-refractivity contribution in [2.24, 2.45) is 0 Å². The second-order valence-corrected chi connectivity index (χ2v) is 5.83. The van der Waals surface area contributed by atoms with Gasteiger partial charge in [0.15, 0.2) is 0 Å².